The first-order chi connectivity index (χ1) is 2.91. The molecule has 2 heteroatoms. The minimum Gasteiger partial charge on any atom is -0.346 e. The lowest BCUT2D eigenvalue weighted by Crippen LogP contribution is -1.82. The molecule has 0 atom stereocenters. The molecule has 0 saturated heterocycles. The van der Waals surface area contributed by atoms with E-state index in [2.05, 4.69) is 16.4 Å². The average Bonchev–Trinajstić information content (AvgIpc) is 1.61. The lowest BCUT2D eigenvalue weighted by molar-refractivity contribution is -0.244. The zero-order valence-corrected chi connectivity index (χ0v) is 3.81. The quantitative estimate of drug-likeness (QED) is 0.222. The molecule has 0 heterocycles. The molecule has 0 aromatic rings. The molecule has 0 aromatic carbocycles. The summed E-state index contributed by atoms with van der Waals surface area (Å²) in [6.45, 7) is 5.65. The smallest absolute Gasteiger partial charge is 0.122 e. The monoisotopic (exact) mass is 88.1 g/mol. The van der Waals surface area contributed by atoms with Gasteiger partial charge in [0.2, 0.25) is 0 Å². The summed E-state index contributed by atoms with van der Waals surface area (Å²) in [5, 5.41) is 0. The third-order valence-corrected chi connectivity index (χ3v) is 0.254. The Morgan fingerprint density at radius 3 is 2.67 bits per heavy atom. The van der Waals surface area contributed by atoms with Crippen molar-refractivity contribution in [2.24, 2.45) is 0 Å². The minimum absolute atomic E-state index is 0.562. The zero-order valence-electron chi connectivity index (χ0n) is 3.81. The number of rotatable bonds is 3. The number of hydrogen-bond acceptors (Lipinski definition) is 2. The SMILES string of the molecule is C=COOCC. The first-order valence-corrected chi connectivity index (χ1v) is 1.81. The summed E-state index contributed by atoms with van der Waals surface area (Å²) in [5.41, 5.74) is 0. The first kappa shape index (κ1) is 5.50. The van der Waals surface area contributed by atoms with E-state index >= 15 is 0 Å². The Balaban J connectivity index is 2.49. The molecular formula is C4H8O2. The summed E-state index contributed by atoms with van der Waals surface area (Å²) >= 11 is 0. The molecule has 0 rings (SSSR count). The summed E-state index contributed by atoms with van der Waals surface area (Å²) in [5.74, 6) is 0. The Morgan fingerprint density at radius 2 is 2.50 bits per heavy atom. The van der Waals surface area contributed by atoms with E-state index in [9.17, 15) is 0 Å². The van der Waals surface area contributed by atoms with Crippen LogP contribution in [-0.4, -0.2) is 6.61 Å². The molecule has 2 nitrogen and oxygen atoms in total. The van der Waals surface area contributed by atoms with E-state index < -0.39 is 0 Å². The number of hydrogen-bond donors (Lipinski definition) is 0. The van der Waals surface area contributed by atoms with Gasteiger partial charge < -0.3 is 4.89 Å². The highest BCUT2D eigenvalue weighted by molar-refractivity contribution is 4.41. The van der Waals surface area contributed by atoms with E-state index in [-0.39, 0.29) is 0 Å². The van der Waals surface area contributed by atoms with Crippen LogP contribution in [0.4, 0.5) is 0 Å². The van der Waals surface area contributed by atoms with Gasteiger partial charge >= 0.3 is 0 Å². The molecule has 0 spiro atoms. The molecule has 0 aromatic heterocycles. The van der Waals surface area contributed by atoms with Gasteiger partial charge in [-0.25, -0.2) is 0 Å². The van der Waals surface area contributed by atoms with Crippen molar-refractivity contribution in [3.63, 3.8) is 0 Å². The largest absolute Gasteiger partial charge is 0.346 e. The van der Waals surface area contributed by atoms with Crippen LogP contribution in [0.2, 0.25) is 0 Å². The Kier molecular flexibility index (Phi) is 4.12. The van der Waals surface area contributed by atoms with Crippen LogP contribution in [0.25, 0.3) is 0 Å². The van der Waals surface area contributed by atoms with Crippen molar-refractivity contribution >= 4 is 0 Å². The summed E-state index contributed by atoms with van der Waals surface area (Å²) in [4.78, 5) is 8.61. The van der Waals surface area contributed by atoms with E-state index in [1.807, 2.05) is 6.92 Å². The Hall–Kier alpha value is -0.500. The Morgan fingerprint density at radius 1 is 1.83 bits per heavy atom. The van der Waals surface area contributed by atoms with Crippen molar-refractivity contribution in [1.29, 1.82) is 0 Å². The highest BCUT2D eigenvalue weighted by Crippen LogP contribution is 1.72. The lowest BCUT2D eigenvalue weighted by atomic mass is 10.9. The molecule has 36 valence electrons. The second kappa shape index (κ2) is 4.50. The van der Waals surface area contributed by atoms with E-state index in [4.69, 9.17) is 0 Å². The van der Waals surface area contributed by atoms with Gasteiger partial charge in [0, 0.05) is 0 Å². The van der Waals surface area contributed by atoms with Gasteiger partial charge in [-0.05, 0) is 6.92 Å². The second-order valence-electron chi connectivity index (χ2n) is 0.669. The fourth-order valence-corrected chi connectivity index (χ4v) is 0.116. The Bertz CT molecular complexity index is 34.5. The highest BCUT2D eigenvalue weighted by atomic mass is 17.2. The van der Waals surface area contributed by atoms with Crippen LogP contribution in [0.3, 0.4) is 0 Å². The van der Waals surface area contributed by atoms with E-state index in [0.717, 1.165) is 0 Å². The van der Waals surface area contributed by atoms with Crippen LogP contribution in [-0.2, 0) is 9.78 Å². The normalized spacial score (nSPS) is 7.50. The van der Waals surface area contributed by atoms with Crippen LogP contribution in [0.15, 0.2) is 12.8 Å². The maximum Gasteiger partial charge on any atom is 0.122 e. The summed E-state index contributed by atoms with van der Waals surface area (Å²) < 4.78 is 0. The molecule has 0 aliphatic heterocycles. The maximum atomic E-state index is 4.36. The molecule has 0 saturated carbocycles. The van der Waals surface area contributed by atoms with Crippen LogP contribution >= 0.6 is 0 Å². The fraction of sp³-hybridized carbons (Fsp3) is 0.500. The standard InChI is InChI=1S/C4H8O2/c1-3-5-6-4-2/h3H,1,4H2,2H3. The molecule has 0 radical (unpaired) electrons. The average molecular weight is 88.1 g/mol. The molecule has 0 amide bonds. The minimum atomic E-state index is 0.562. The van der Waals surface area contributed by atoms with Crippen LogP contribution < -0.4 is 0 Å². The topological polar surface area (TPSA) is 18.5 Å². The molecular weight excluding hydrogens is 80.0 g/mol. The first-order valence-electron chi connectivity index (χ1n) is 1.81. The van der Waals surface area contributed by atoms with Gasteiger partial charge in [0.1, 0.15) is 6.26 Å². The maximum absolute atomic E-state index is 4.36. The van der Waals surface area contributed by atoms with Gasteiger partial charge in [0.25, 0.3) is 0 Å². The van der Waals surface area contributed by atoms with Crippen molar-refractivity contribution < 1.29 is 9.78 Å². The van der Waals surface area contributed by atoms with Crippen molar-refractivity contribution in [2.75, 3.05) is 6.61 Å². The van der Waals surface area contributed by atoms with Crippen LogP contribution in [0, 0.1) is 0 Å². The zero-order chi connectivity index (χ0) is 4.83. The molecule has 0 aliphatic carbocycles. The van der Waals surface area contributed by atoms with Crippen molar-refractivity contribution in [1.82, 2.24) is 0 Å². The van der Waals surface area contributed by atoms with E-state index in [1.165, 1.54) is 6.26 Å². The summed E-state index contributed by atoms with van der Waals surface area (Å²) in [7, 11) is 0. The molecule has 0 unspecified atom stereocenters. The van der Waals surface area contributed by atoms with Crippen molar-refractivity contribution in [2.45, 2.75) is 6.92 Å². The highest BCUT2D eigenvalue weighted by Gasteiger charge is 1.66. The molecule has 0 N–H and O–H groups in total. The van der Waals surface area contributed by atoms with Crippen molar-refractivity contribution in [3.8, 4) is 0 Å². The van der Waals surface area contributed by atoms with E-state index in [1.54, 1.807) is 0 Å². The van der Waals surface area contributed by atoms with Gasteiger partial charge in [-0.2, -0.15) is 4.89 Å². The molecule has 0 fully saturated rings. The predicted molar refractivity (Wildman–Crippen MR) is 22.9 cm³/mol. The third-order valence-electron chi connectivity index (χ3n) is 0.254. The molecule has 0 aliphatic rings. The summed E-state index contributed by atoms with van der Waals surface area (Å²) in [6, 6.07) is 0. The van der Waals surface area contributed by atoms with E-state index in [0.29, 0.717) is 6.61 Å². The third kappa shape index (κ3) is 3.50. The van der Waals surface area contributed by atoms with Gasteiger partial charge in [0.05, 0.1) is 6.61 Å². The second-order valence-corrected chi connectivity index (χ2v) is 0.669. The fourth-order valence-electron chi connectivity index (χ4n) is 0.116. The lowest BCUT2D eigenvalue weighted by Gasteiger charge is -1.90. The molecule has 0 bridgehead atoms. The van der Waals surface area contributed by atoms with Gasteiger partial charge in [0.15, 0.2) is 0 Å². The van der Waals surface area contributed by atoms with Crippen LogP contribution in [0.1, 0.15) is 6.92 Å². The van der Waals surface area contributed by atoms with Gasteiger partial charge in [-0.15, -0.1) is 0 Å². The molecule has 6 heavy (non-hydrogen) atoms. The van der Waals surface area contributed by atoms with Gasteiger partial charge in [-0.3, -0.25) is 0 Å². The predicted octanol–water partition coefficient (Wildman–Crippen LogP) is 1.10. The van der Waals surface area contributed by atoms with Gasteiger partial charge in [-0.1, -0.05) is 6.58 Å². The van der Waals surface area contributed by atoms with Crippen molar-refractivity contribution in [3.05, 3.63) is 12.8 Å². The Labute approximate surface area is 37.3 Å². The summed E-state index contributed by atoms with van der Waals surface area (Å²) in [6.07, 6.45) is 1.24. The van der Waals surface area contributed by atoms with Crippen LogP contribution in [0.5, 0.6) is 0 Å².